The minimum Gasteiger partial charge on any atom is -0.397 e. The van der Waals surface area contributed by atoms with E-state index in [9.17, 15) is 0 Å². The molecule has 1 aromatic carbocycles. The second kappa shape index (κ2) is 5.85. The average molecular weight is 339 g/mol. The number of benzene rings is 1. The van der Waals surface area contributed by atoms with Crippen molar-refractivity contribution in [2.45, 2.75) is 37.9 Å². The van der Waals surface area contributed by atoms with Crippen LogP contribution < -0.4 is 10.6 Å². The molecule has 3 aliphatic rings. The Bertz CT molecular complexity index is 791. The van der Waals surface area contributed by atoms with Gasteiger partial charge in [-0.15, -0.1) is 0 Å². The van der Waals surface area contributed by atoms with Gasteiger partial charge in [0.2, 0.25) is 0 Å². The molecule has 2 fully saturated rings. The summed E-state index contributed by atoms with van der Waals surface area (Å²) in [4.78, 5) is 6.89. The molecule has 1 aliphatic carbocycles. The second-order valence-electron chi connectivity index (χ2n) is 7.65. The van der Waals surface area contributed by atoms with E-state index in [0.717, 1.165) is 64.1 Å². The monoisotopic (exact) mass is 339 g/mol. The molecule has 132 valence electrons. The quantitative estimate of drug-likeness (QED) is 0.852. The SMILES string of the molecule is Nc1ccc2cncc3c2c1N(CC1CCC2(CC1)OCCO2)CC3. The number of anilines is 2. The van der Waals surface area contributed by atoms with Crippen LogP contribution in [0.5, 0.6) is 0 Å². The molecule has 3 heterocycles. The summed E-state index contributed by atoms with van der Waals surface area (Å²) in [5.41, 5.74) is 9.81. The minimum absolute atomic E-state index is 0.268. The van der Waals surface area contributed by atoms with Crippen LogP contribution in [0.4, 0.5) is 11.4 Å². The van der Waals surface area contributed by atoms with Gasteiger partial charge in [-0.25, -0.2) is 0 Å². The molecule has 2 aliphatic heterocycles. The number of aromatic nitrogens is 1. The number of nitrogens with zero attached hydrogens (tertiary/aromatic N) is 2. The van der Waals surface area contributed by atoms with Gasteiger partial charge in [0, 0.05) is 49.1 Å². The predicted octanol–water partition coefficient (Wildman–Crippen LogP) is 3.11. The van der Waals surface area contributed by atoms with Gasteiger partial charge in [0.25, 0.3) is 0 Å². The fourth-order valence-corrected chi connectivity index (χ4v) is 4.82. The van der Waals surface area contributed by atoms with Crippen LogP contribution in [0.3, 0.4) is 0 Å². The van der Waals surface area contributed by atoms with E-state index in [4.69, 9.17) is 15.2 Å². The summed E-state index contributed by atoms with van der Waals surface area (Å²) >= 11 is 0. The van der Waals surface area contributed by atoms with Crippen molar-refractivity contribution in [1.82, 2.24) is 4.98 Å². The Balaban J connectivity index is 1.39. The number of nitrogens with two attached hydrogens (primary N) is 1. The van der Waals surface area contributed by atoms with E-state index in [1.807, 2.05) is 18.5 Å². The standard InChI is InChI=1S/C20H25N3O2/c21-17-2-1-15-11-22-12-16-5-8-23(19(17)18(15)16)13-14-3-6-20(7-4-14)24-9-10-25-20/h1-2,11-12,14H,3-10,13,21H2. The summed E-state index contributed by atoms with van der Waals surface area (Å²) in [5, 5.41) is 2.50. The molecule has 5 heteroatoms. The summed E-state index contributed by atoms with van der Waals surface area (Å²) in [6, 6.07) is 4.12. The zero-order chi connectivity index (χ0) is 16.9. The molecule has 0 unspecified atom stereocenters. The van der Waals surface area contributed by atoms with Crippen LogP contribution in [-0.2, 0) is 15.9 Å². The Labute approximate surface area is 148 Å². The lowest BCUT2D eigenvalue weighted by Crippen LogP contribution is -2.40. The van der Waals surface area contributed by atoms with Crippen molar-refractivity contribution in [3.8, 4) is 0 Å². The highest BCUT2D eigenvalue weighted by atomic mass is 16.7. The molecule has 1 saturated carbocycles. The first-order valence-electron chi connectivity index (χ1n) is 9.42. The van der Waals surface area contributed by atoms with Crippen molar-refractivity contribution in [1.29, 1.82) is 0 Å². The van der Waals surface area contributed by atoms with Crippen molar-refractivity contribution >= 4 is 22.1 Å². The first kappa shape index (κ1) is 15.4. The summed E-state index contributed by atoms with van der Waals surface area (Å²) in [5.74, 6) is 0.409. The fourth-order valence-electron chi connectivity index (χ4n) is 4.82. The Hall–Kier alpha value is -1.85. The molecule has 2 aromatic rings. The van der Waals surface area contributed by atoms with Gasteiger partial charge in [0.05, 0.1) is 24.6 Å². The van der Waals surface area contributed by atoms with E-state index >= 15 is 0 Å². The molecule has 1 saturated heterocycles. The van der Waals surface area contributed by atoms with E-state index < -0.39 is 0 Å². The Morgan fingerprint density at radius 1 is 1.16 bits per heavy atom. The smallest absolute Gasteiger partial charge is 0.168 e. The molecule has 2 N–H and O–H groups in total. The molecule has 0 radical (unpaired) electrons. The summed E-state index contributed by atoms with van der Waals surface area (Å²) < 4.78 is 11.7. The van der Waals surface area contributed by atoms with Crippen LogP contribution in [0, 0.1) is 5.92 Å². The van der Waals surface area contributed by atoms with E-state index in [-0.39, 0.29) is 5.79 Å². The summed E-state index contributed by atoms with van der Waals surface area (Å²) in [6.45, 7) is 3.60. The van der Waals surface area contributed by atoms with E-state index in [1.54, 1.807) is 0 Å². The summed E-state index contributed by atoms with van der Waals surface area (Å²) in [6.07, 6.45) is 9.36. The van der Waals surface area contributed by atoms with Gasteiger partial charge >= 0.3 is 0 Å². The van der Waals surface area contributed by atoms with Gasteiger partial charge in [-0.05, 0) is 36.8 Å². The average Bonchev–Trinajstić information content (AvgIpc) is 3.09. The second-order valence-corrected chi connectivity index (χ2v) is 7.65. The fraction of sp³-hybridized carbons (Fsp3) is 0.550. The van der Waals surface area contributed by atoms with Crippen molar-refractivity contribution in [3.05, 3.63) is 30.1 Å². The molecule has 0 atom stereocenters. The van der Waals surface area contributed by atoms with E-state index in [0.29, 0.717) is 5.92 Å². The maximum atomic E-state index is 6.39. The Morgan fingerprint density at radius 2 is 1.96 bits per heavy atom. The highest BCUT2D eigenvalue weighted by Gasteiger charge is 2.40. The van der Waals surface area contributed by atoms with Gasteiger partial charge in [-0.1, -0.05) is 6.07 Å². The number of pyridine rings is 1. The maximum absolute atomic E-state index is 6.39. The lowest BCUT2D eigenvalue weighted by Gasteiger charge is -2.39. The zero-order valence-corrected chi connectivity index (χ0v) is 14.5. The van der Waals surface area contributed by atoms with Crippen molar-refractivity contribution < 1.29 is 9.47 Å². The molecular formula is C20H25N3O2. The molecule has 0 bridgehead atoms. The molecule has 5 rings (SSSR count). The lowest BCUT2D eigenvalue weighted by molar-refractivity contribution is -0.182. The highest BCUT2D eigenvalue weighted by Crippen LogP contribution is 2.42. The van der Waals surface area contributed by atoms with Crippen LogP contribution in [0.2, 0.25) is 0 Å². The number of hydrogen-bond acceptors (Lipinski definition) is 5. The van der Waals surface area contributed by atoms with E-state index in [2.05, 4.69) is 16.0 Å². The van der Waals surface area contributed by atoms with Crippen molar-refractivity contribution in [2.24, 2.45) is 5.92 Å². The molecule has 0 amide bonds. The van der Waals surface area contributed by atoms with Gasteiger partial charge in [-0.3, -0.25) is 4.98 Å². The van der Waals surface area contributed by atoms with Crippen molar-refractivity contribution in [3.63, 3.8) is 0 Å². The third kappa shape index (κ3) is 2.57. The molecule has 1 spiro atoms. The van der Waals surface area contributed by atoms with Crippen molar-refractivity contribution in [2.75, 3.05) is 36.9 Å². The van der Waals surface area contributed by atoms with Crippen LogP contribution in [0.1, 0.15) is 31.2 Å². The minimum atomic E-state index is -0.268. The Morgan fingerprint density at radius 3 is 2.76 bits per heavy atom. The molecule has 5 nitrogen and oxygen atoms in total. The molecule has 1 aromatic heterocycles. The van der Waals surface area contributed by atoms with Crippen LogP contribution in [-0.4, -0.2) is 37.1 Å². The van der Waals surface area contributed by atoms with Crippen LogP contribution >= 0.6 is 0 Å². The topological polar surface area (TPSA) is 60.6 Å². The molecule has 25 heavy (non-hydrogen) atoms. The normalized spacial score (nSPS) is 22.8. The van der Waals surface area contributed by atoms with Crippen LogP contribution in [0.15, 0.2) is 24.5 Å². The number of nitrogen functional groups attached to an aromatic ring is 1. The molecular weight excluding hydrogens is 314 g/mol. The van der Waals surface area contributed by atoms with Gasteiger partial charge in [0.15, 0.2) is 5.79 Å². The number of ether oxygens (including phenoxy) is 2. The van der Waals surface area contributed by atoms with Gasteiger partial charge in [0.1, 0.15) is 0 Å². The first-order valence-corrected chi connectivity index (χ1v) is 9.42. The third-order valence-electron chi connectivity index (χ3n) is 6.13. The largest absolute Gasteiger partial charge is 0.397 e. The highest BCUT2D eigenvalue weighted by molar-refractivity contribution is 6.02. The lowest BCUT2D eigenvalue weighted by atomic mass is 9.84. The third-order valence-corrected chi connectivity index (χ3v) is 6.13. The maximum Gasteiger partial charge on any atom is 0.168 e. The van der Waals surface area contributed by atoms with Gasteiger partial charge < -0.3 is 20.1 Å². The van der Waals surface area contributed by atoms with Crippen LogP contribution in [0.25, 0.3) is 10.8 Å². The Kier molecular flexibility index (Phi) is 3.61. The predicted molar refractivity (Wildman–Crippen MR) is 98.7 cm³/mol. The first-order chi connectivity index (χ1) is 12.2. The number of rotatable bonds is 2. The summed E-state index contributed by atoms with van der Waals surface area (Å²) in [7, 11) is 0. The zero-order valence-electron chi connectivity index (χ0n) is 14.5. The number of hydrogen-bond donors (Lipinski definition) is 1. The van der Waals surface area contributed by atoms with E-state index in [1.165, 1.54) is 22.0 Å². The van der Waals surface area contributed by atoms with Gasteiger partial charge in [-0.2, -0.15) is 0 Å².